The summed E-state index contributed by atoms with van der Waals surface area (Å²) in [6.07, 6.45) is 0. The van der Waals surface area contributed by atoms with Crippen molar-refractivity contribution < 1.29 is 14.3 Å². The fourth-order valence-corrected chi connectivity index (χ4v) is 3.75. The van der Waals surface area contributed by atoms with Crippen LogP contribution in [0, 0.1) is 0 Å². The summed E-state index contributed by atoms with van der Waals surface area (Å²) in [7, 11) is 1.57. The molecule has 0 aliphatic heterocycles. The normalized spacial score (nSPS) is 10.4. The van der Waals surface area contributed by atoms with Crippen LogP contribution in [0.4, 0.5) is 11.4 Å². The van der Waals surface area contributed by atoms with E-state index in [4.69, 9.17) is 27.9 Å². The molecule has 2 N–H and O–H groups in total. The summed E-state index contributed by atoms with van der Waals surface area (Å²) in [5, 5.41) is 6.49. The second-order valence-corrected chi connectivity index (χ2v) is 8.06. The maximum absolute atomic E-state index is 12.4. The van der Waals surface area contributed by atoms with Gasteiger partial charge >= 0.3 is 0 Å². The van der Waals surface area contributed by atoms with Gasteiger partial charge in [0.15, 0.2) is 0 Å². The Morgan fingerprint density at radius 3 is 2.43 bits per heavy atom. The third-order valence-corrected chi connectivity index (χ3v) is 5.56. The van der Waals surface area contributed by atoms with Gasteiger partial charge in [0.1, 0.15) is 5.75 Å². The van der Waals surface area contributed by atoms with Crippen molar-refractivity contribution in [2.75, 3.05) is 23.5 Å². The molecule has 0 bridgehead atoms. The number of halogens is 2. The van der Waals surface area contributed by atoms with Crippen LogP contribution in [-0.2, 0) is 4.79 Å². The average molecular weight is 461 g/mol. The van der Waals surface area contributed by atoms with Crippen molar-refractivity contribution in [1.29, 1.82) is 0 Å². The van der Waals surface area contributed by atoms with Crippen LogP contribution in [0.3, 0.4) is 0 Å². The van der Waals surface area contributed by atoms with Crippen molar-refractivity contribution in [3.63, 3.8) is 0 Å². The van der Waals surface area contributed by atoms with Crippen LogP contribution in [0.15, 0.2) is 71.6 Å². The SMILES string of the molecule is COc1ccc(C(=O)Nc2cccc(SCC(=O)Nc3ccc(Cl)cc3Cl)c2)cc1. The fraction of sp³-hybridized carbons (Fsp3) is 0.0909. The number of carbonyl (C=O) groups is 2. The van der Waals surface area contributed by atoms with Gasteiger partial charge in [-0.25, -0.2) is 0 Å². The molecule has 0 heterocycles. The number of rotatable bonds is 7. The molecular formula is C22H18Cl2N2O3S. The highest BCUT2D eigenvalue weighted by Crippen LogP contribution is 2.26. The van der Waals surface area contributed by atoms with E-state index < -0.39 is 0 Å². The Kier molecular flexibility index (Phi) is 7.63. The number of anilines is 2. The smallest absolute Gasteiger partial charge is 0.255 e. The highest BCUT2D eigenvalue weighted by molar-refractivity contribution is 8.00. The number of amides is 2. The Labute approximate surface area is 188 Å². The average Bonchev–Trinajstić information content (AvgIpc) is 2.74. The van der Waals surface area contributed by atoms with Gasteiger partial charge in [-0.2, -0.15) is 0 Å². The quantitative estimate of drug-likeness (QED) is 0.425. The number of nitrogens with one attached hydrogen (secondary N) is 2. The van der Waals surface area contributed by atoms with E-state index in [9.17, 15) is 9.59 Å². The Hall–Kier alpha value is -2.67. The van der Waals surface area contributed by atoms with Crippen molar-refractivity contribution in [2.45, 2.75) is 4.90 Å². The monoisotopic (exact) mass is 460 g/mol. The first-order valence-electron chi connectivity index (χ1n) is 8.88. The number of hydrogen-bond acceptors (Lipinski definition) is 4. The Morgan fingerprint density at radius 1 is 0.967 bits per heavy atom. The summed E-state index contributed by atoms with van der Waals surface area (Å²) in [6, 6.07) is 19.0. The van der Waals surface area contributed by atoms with Gasteiger partial charge in [-0.1, -0.05) is 29.3 Å². The van der Waals surface area contributed by atoms with E-state index in [1.54, 1.807) is 55.6 Å². The Bertz CT molecular complexity index is 1060. The fourth-order valence-electron chi connectivity index (χ4n) is 2.54. The molecule has 0 unspecified atom stereocenters. The highest BCUT2D eigenvalue weighted by Gasteiger charge is 2.09. The largest absolute Gasteiger partial charge is 0.497 e. The molecular weight excluding hydrogens is 443 g/mol. The molecule has 0 aliphatic carbocycles. The van der Waals surface area contributed by atoms with Gasteiger partial charge in [0.05, 0.1) is 23.6 Å². The molecule has 0 radical (unpaired) electrons. The topological polar surface area (TPSA) is 67.4 Å². The number of ether oxygens (including phenoxy) is 1. The molecule has 30 heavy (non-hydrogen) atoms. The molecule has 8 heteroatoms. The van der Waals surface area contributed by atoms with Crippen molar-refractivity contribution in [2.24, 2.45) is 0 Å². The predicted octanol–water partition coefficient (Wildman–Crippen LogP) is 5.99. The molecule has 0 saturated heterocycles. The van der Waals surface area contributed by atoms with E-state index in [0.29, 0.717) is 32.7 Å². The van der Waals surface area contributed by atoms with Gasteiger partial charge in [0.25, 0.3) is 5.91 Å². The minimum Gasteiger partial charge on any atom is -0.497 e. The van der Waals surface area contributed by atoms with Gasteiger partial charge in [-0.05, 0) is 60.7 Å². The maximum Gasteiger partial charge on any atom is 0.255 e. The standard InChI is InChI=1S/C22H18Cl2N2O3S/c1-29-17-8-5-14(6-9-17)22(28)25-16-3-2-4-18(12-16)30-13-21(27)26-20-10-7-15(23)11-19(20)24/h2-12H,13H2,1H3,(H,25,28)(H,26,27). The van der Waals surface area contributed by atoms with Crippen molar-refractivity contribution in [3.05, 3.63) is 82.3 Å². The zero-order valence-electron chi connectivity index (χ0n) is 15.9. The molecule has 0 saturated carbocycles. The van der Waals surface area contributed by atoms with Gasteiger partial charge in [0.2, 0.25) is 5.91 Å². The van der Waals surface area contributed by atoms with Gasteiger partial charge in [0, 0.05) is 21.2 Å². The molecule has 0 aromatic heterocycles. The van der Waals surface area contributed by atoms with Gasteiger partial charge < -0.3 is 15.4 Å². The summed E-state index contributed by atoms with van der Waals surface area (Å²) < 4.78 is 5.10. The van der Waals surface area contributed by atoms with E-state index in [1.807, 2.05) is 18.2 Å². The molecule has 154 valence electrons. The molecule has 0 spiro atoms. The number of thioether (sulfide) groups is 1. The number of benzene rings is 3. The van der Waals surface area contributed by atoms with Crippen LogP contribution in [0.5, 0.6) is 5.75 Å². The third kappa shape index (κ3) is 6.16. The number of carbonyl (C=O) groups excluding carboxylic acids is 2. The first-order valence-corrected chi connectivity index (χ1v) is 10.6. The molecule has 0 fully saturated rings. The van der Waals surface area contributed by atoms with E-state index in [-0.39, 0.29) is 17.6 Å². The van der Waals surface area contributed by atoms with Crippen LogP contribution >= 0.6 is 35.0 Å². The maximum atomic E-state index is 12.4. The molecule has 0 atom stereocenters. The lowest BCUT2D eigenvalue weighted by Crippen LogP contribution is -2.14. The minimum atomic E-state index is -0.227. The lowest BCUT2D eigenvalue weighted by atomic mass is 10.2. The molecule has 5 nitrogen and oxygen atoms in total. The van der Waals surface area contributed by atoms with Gasteiger partial charge in [-0.15, -0.1) is 11.8 Å². The van der Waals surface area contributed by atoms with Crippen molar-refractivity contribution in [3.8, 4) is 5.75 Å². The summed E-state index contributed by atoms with van der Waals surface area (Å²) in [5.41, 5.74) is 1.67. The zero-order chi connectivity index (χ0) is 21.5. The summed E-state index contributed by atoms with van der Waals surface area (Å²) >= 11 is 13.3. The Morgan fingerprint density at radius 2 is 1.73 bits per heavy atom. The van der Waals surface area contributed by atoms with E-state index in [0.717, 1.165) is 4.90 Å². The first kappa shape index (κ1) is 22.0. The first-order chi connectivity index (χ1) is 14.4. The summed E-state index contributed by atoms with van der Waals surface area (Å²) in [4.78, 5) is 25.5. The van der Waals surface area contributed by atoms with E-state index >= 15 is 0 Å². The molecule has 3 aromatic rings. The Balaban J connectivity index is 1.56. The third-order valence-electron chi connectivity index (χ3n) is 4.02. The van der Waals surface area contributed by atoms with E-state index in [2.05, 4.69) is 10.6 Å². The van der Waals surface area contributed by atoms with Crippen LogP contribution in [-0.4, -0.2) is 24.7 Å². The molecule has 2 amide bonds. The summed E-state index contributed by atoms with van der Waals surface area (Å²) in [6.45, 7) is 0. The minimum absolute atomic E-state index is 0.189. The second-order valence-electron chi connectivity index (χ2n) is 6.17. The molecule has 3 rings (SSSR count). The van der Waals surface area contributed by atoms with Crippen molar-refractivity contribution in [1.82, 2.24) is 0 Å². The van der Waals surface area contributed by atoms with E-state index in [1.165, 1.54) is 11.8 Å². The molecule has 0 aliphatic rings. The van der Waals surface area contributed by atoms with Crippen molar-refractivity contribution >= 4 is 58.2 Å². The lowest BCUT2D eigenvalue weighted by molar-refractivity contribution is -0.113. The van der Waals surface area contributed by atoms with Crippen LogP contribution in [0.2, 0.25) is 10.0 Å². The number of hydrogen-bond donors (Lipinski definition) is 2. The predicted molar refractivity (Wildman–Crippen MR) is 123 cm³/mol. The van der Waals surface area contributed by atoms with Crippen LogP contribution < -0.4 is 15.4 Å². The zero-order valence-corrected chi connectivity index (χ0v) is 18.3. The van der Waals surface area contributed by atoms with Crippen LogP contribution in [0.1, 0.15) is 10.4 Å². The molecule has 3 aromatic carbocycles. The highest BCUT2D eigenvalue weighted by atomic mass is 35.5. The summed E-state index contributed by atoms with van der Waals surface area (Å²) in [5.74, 6) is 0.449. The van der Waals surface area contributed by atoms with Gasteiger partial charge in [-0.3, -0.25) is 9.59 Å². The van der Waals surface area contributed by atoms with Crippen LogP contribution in [0.25, 0.3) is 0 Å². The second kappa shape index (κ2) is 10.4. The number of methoxy groups -OCH3 is 1. The lowest BCUT2D eigenvalue weighted by Gasteiger charge is -2.09.